The molecule has 20 heavy (non-hydrogen) atoms. The van der Waals surface area contributed by atoms with Crippen LogP contribution in [0.2, 0.25) is 0 Å². The first-order valence-corrected chi connectivity index (χ1v) is 7.45. The van der Waals surface area contributed by atoms with E-state index in [0.717, 1.165) is 17.0 Å². The quantitative estimate of drug-likeness (QED) is 0.915. The van der Waals surface area contributed by atoms with Crippen molar-refractivity contribution >= 4 is 16.9 Å². The second kappa shape index (κ2) is 6.08. The zero-order valence-corrected chi connectivity index (χ0v) is 12.2. The van der Waals surface area contributed by atoms with Gasteiger partial charge < -0.3 is 5.32 Å². The minimum Gasteiger partial charge on any atom is -0.361 e. The van der Waals surface area contributed by atoms with Crippen LogP contribution in [0.3, 0.4) is 0 Å². The van der Waals surface area contributed by atoms with Crippen LogP contribution < -0.4 is 5.32 Å². The molecule has 0 bridgehead atoms. The molecule has 1 heterocycles. The van der Waals surface area contributed by atoms with Crippen molar-refractivity contribution in [2.24, 2.45) is 10.9 Å². The van der Waals surface area contributed by atoms with E-state index in [9.17, 15) is 13.2 Å². The molecule has 1 atom stereocenters. The van der Waals surface area contributed by atoms with Crippen molar-refractivity contribution in [1.29, 1.82) is 0 Å². The molecule has 0 amide bonds. The summed E-state index contributed by atoms with van der Waals surface area (Å²) in [5, 5.41) is 3.99. The highest BCUT2D eigenvalue weighted by atomic mass is 32.2. The standard InChI is InChI=1S/C14H17F3N2S/c1-9(2)12-8-20-13(19-12)18-7-10-5-3-4-6-11(10)14(15,16)17/h3-6,9,12H,7-8H2,1-2H3,(H,18,19)/t12-/m1/s1. The molecule has 1 aromatic carbocycles. The Morgan fingerprint density at radius 2 is 2.05 bits per heavy atom. The number of nitrogens with one attached hydrogen (secondary N) is 1. The summed E-state index contributed by atoms with van der Waals surface area (Å²) in [7, 11) is 0. The van der Waals surface area contributed by atoms with Gasteiger partial charge in [-0.3, -0.25) is 4.99 Å². The van der Waals surface area contributed by atoms with E-state index in [4.69, 9.17) is 0 Å². The lowest BCUT2D eigenvalue weighted by Crippen LogP contribution is -2.31. The van der Waals surface area contributed by atoms with Crippen molar-refractivity contribution in [3.63, 3.8) is 0 Å². The number of nitrogens with zero attached hydrogens (tertiary/aromatic N) is 1. The molecule has 1 fully saturated rings. The van der Waals surface area contributed by atoms with Crippen LogP contribution in [0.25, 0.3) is 0 Å². The van der Waals surface area contributed by atoms with Gasteiger partial charge in [-0.1, -0.05) is 43.8 Å². The van der Waals surface area contributed by atoms with Gasteiger partial charge in [-0.05, 0) is 17.5 Å². The van der Waals surface area contributed by atoms with Gasteiger partial charge in [0.15, 0.2) is 5.17 Å². The number of thioether (sulfide) groups is 1. The minimum absolute atomic E-state index is 0.0514. The first-order valence-electron chi connectivity index (χ1n) is 6.47. The third kappa shape index (κ3) is 3.69. The van der Waals surface area contributed by atoms with Crippen LogP contribution in [0.5, 0.6) is 0 Å². The molecule has 1 aliphatic heterocycles. The van der Waals surface area contributed by atoms with Crippen LogP contribution >= 0.6 is 11.8 Å². The zero-order chi connectivity index (χ0) is 14.8. The number of alkyl halides is 3. The molecule has 1 saturated heterocycles. The predicted molar refractivity (Wildman–Crippen MR) is 76.8 cm³/mol. The van der Waals surface area contributed by atoms with Crippen molar-refractivity contribution < 1.29 is 13.2 Å². The van der Waals surface area contributed by atoms with Crippen LogP contribution in [0, 0.1) is 5.92 Å². The molecule has 1 aliphatic rings. The fourth-order valence-electron chi connectivity index (χ4n) is 1.95. The molecule has 110 valence electrons. The van der Waals surface area contributed by atoms with E-state index in [1.54, 1.807) is 17.8 Å². The van der Waals surface area contributed by atoms with Gasteiger partial charge in [-0.25, -0.2) is 0 Å². The largest absolute Gasteiger partial charge is 0.416 e. The van der Waals surface area contributed by atoms with Gasteiger partial charge in [-0.15, -0.1) is 0 Å². The summed E-state index contributed by atoms with van der Waals surface area (Å²) < 4.78 is 38.5. The maximum Gasteiger partial charge on any atom is 0.416 e. The second-order valence-electron chi connectivity index (χ2n) is 5.08. The third-order valence-electron chi connectivity index (χ3n) is 3.23. The van der Waals surface area contributed by atoms with Crippen molar-refractivity contribution in [2.45, 2.75) is 32.6 Å². The van der Waals surface area contributed by atoms with E-state index in [2.05, 4.69) is 24.2 Å². The van der Waals surface area contributed by atoms with Crippen LogP contribution in [0.4, 0.5) is 13.2 Å². The van der Waals surface area contributed by atoms with E-state index < -0.39 is 11.7 Å². The highest BCUT2D eigenvalue weighted by Crippen LogP contribution is 2.32. The molecule has 6 heteroatoms. The molecule has 0 saturated carbocycles. The fraction of sp³-hybridized carbons (Fsp3) is 0.500. The average Bonchev–Trinajstić information content (AvgIpc) is 2.84. The summed E-state index contributed by atoms with van der Waals surface area (Å²) in [5.74, 6) is 1.40. The lowest BCUT2D eigenvalue weighted by molar-refractivity contribution is -0.138. The smallest absolute Gasteiger partial charge is 0.361 e. The number of aliphatic imine (C=N–C) groups is 1. The summed E-state index contributed by atoms with van der Waals surface area (Å²) in [6.07, 6.45) is -4.33. The molecule has 2 nitrogen and oxygen atoms in total. The number of benzene rings is 1. The van der Waals surface area contributed by atoms with Gasteiger partial charge >= 0.3 is 6.18 Å². The Balaban J connectivity index is 2.09. The Kier molecular flexibility index (Phi) is 4.62. The van der Waals surface area contributed by atoms with Gasteiger partial charge in [0.1, 0.15) is 0 Å². The fourth-order valence-corrected chi connectivity index (χ4v) is 3.15. The Hall–Kier alpha value is -1.17. The maximum absolute atomic E-state index is 12.8. The van der Waals surface area contributed by atoms with Gasteiger partial charge in [0.25, 0.3) is 0 Å². The first kappa shape index (κ1) is 15.2. The molecule has 1 N–H and O–H groups in total. The van der Waals surface area contributed by atoms with Crippen molar-refractivity contribution in [2.75, 3.05) is 5.75 Å². The Morgan fingerprint density at radius 3 is 2.65 bits per heavy atom. The summed E-state index contributed by atoms with van der Waals surface area (Å²) in [5.41, 5.74) is -0.393. The minimum atomic E-state index is -4.33. The van der Waals surface area contributed by atoms with E-state index in [1.165, 1.54) is 12.1 Å². The van der Waals surface area contributed by atoms with E-state index >= 15 is 0 Å². The average molecular weight is 302 g/mol. The van der Waals surface area contributed by atoms with Crippen LogP contribution in [0.1, 0.15) is 25.0 Å². The van der Waals surface area contributed by atoms with Crippen LogP contribution in [-0.2, 0) is 12.7 Å². The van der Waals surface area contributed by atoms with Gasteiger partial charge in [0.2, 0.25) is 0 Å². The van der Waals surface area contributed by atoms with Crippen molar-refractivity contribution in [3.8, 4) is 0 Å². The lowest BCUT2D eigenvalue weighted by Gasteiger charge is -2.13. The number of hydrogen-bond donors (Lipinski definition) is 1. The molecule has 0 unspecified atom stereocenters. The second-order valence-corrected chi connectivity index (χ2v) is 6.09. The number of amidine groups is 1. The maximum atomic E-state index is 12.8. The summed E-state index contributed by atoms with van der Waals surface area (Å²) in [6.45, 7) is 4.27. The predicted octanol–water partition coefficient (Wildman–Crippen LogP) is 3.92. The molecule has 0 radical (unpaired) electrons. The third-order valence-corrected chi connectivity index (χ3v) is 4.28. The lowest BCUT2D eigenvalue weighted by atomic mass is 10.1. The van der Waals surface area contributed by atoms with Gasteiger partial charge in [-0.2, -0.15) is 13.2 Å². The monoisotopic (exact) mass is 302 g/mol. The molecule has 0 aliphatic carbocycles. The summed E-state index contributed by atoms with van der Waals surface area (Å²) >= 11 is 1.57. The van der Waals surface area contributed by atoms with Crippen molar-refractivity contribution in [1.82, 2.24) is 5.32 Å². The highest BCUT2D eigenvalue weighted by Gasteiger charge is 2.32. The number of rotatable bonds is 3. The van der Waals surface area contributed by atoms with E-state index in [1.807, 2.05) is 0 Å². The van der Waals surface area contributed by atoms with Crippen LogP contribution in [0.15, 0.2) is 29.3 Å². The van der Waals surface area contributed by atoms with Gasteiger partial charge in [0, 0.05) is 11.8 Å². The molecular weight excluding hydrogens is 285 g/mol. The molecular formula is C14H17F3N2S. The highest BCUT2D eigenvalue weighted by molar-refractivity contribution is 8.14. The van der Waals surface area contributed by atoms with Gasteiger partial charge in [0.05, 0.1) is 12.1 Å². The first-order chi connectivity index (χ1) is 9.38. The zero-order valence-electron chi connectivity index (χ0n) is 11.4. The van der Waals surface area contributed by atoms with E-state index in [0.29, 0.717) is 12.0 Å². The SMILES string of the molecule is CC(C)[C@H]1CSC(=NCc2ccccc2C(F)(F)F)N1. The van der Waals surface area contributed by atoms with Crippen molar-refractivity contribution in [3.05, 3.63) is 35.4 Å². The van der Waals surface area contributed by atoms with Crippen LogP contribution in [-0.4, -0.2) is 17.0 Å². The molecule has 2 rings (SSSR count). The summed E-state index contributed by atoms with van der Waals surface area (Å²) in [6, 6.07) is 5.93. The number of halogens is 3. The Morgan fingerprint density at radius 1 is 1.35 bits per heavy atom. The number of hydrogen-bond acceptors (Lipinski definition) is 2. The molecule has 0 spiro atoms. The Bertz CT molecular complexity index is 497. The van der Waals surface area contributed by atoms with E-state index in [-0.39, 0.29) is 12.1 Å². The topological polar surface area (TPSA) is 24.4 Å². The molecule has 0 aromatic heterocycles. The molecule has 1 aromatic rings. The normalized spacial score (nSPS) is 21.5. The Labute approximate surface area is 120 Å². The summed E-state index contributed by atoms with van der Waals surface area (Å²) in [4.78, 5) is 4.27.